The summed E-state index contributed by atoms with van der Waals surface area (Å²) in [6.45, 7) is 0.0210. The molecule has 1 atom stereocenters. The molecule has 0 amide bonds. The van der Waals surface area contributed by atoms with E-state index in [1.807, 2.05) is 0 Å². The zero-order chi connectivity index (χ0) is 11.3. The Morgan fingerprint density at radius 1 is 1.40 bits per heavy atom. The van der Waals surface area contributed by atoms with Gasteiger partial charge in [0, 0.05) is 16.7 Å². The highest BCUT2D eigenvalue weighted by atomic mass is 32.2. The van der Waals surface area contributed by atoms with E-state index in [1.165, 1.54) is 17.8 Å². The normalized spacial score (nSPS) is 12.8. The van der Waals surface area contributed by atoms with Crippen molar-refractivity contribution in [2.75, 3.05) is 19.4 Å². The minimum atomic E-state index is -0.843. The zero-order valence-corrected chi connectivity index (χ0v) is 9.15. The van der Waals surface area contributed by atoms with Gasteiger partial charge in [0.2, 0.25) is 0 Å². The summed E-state index contributed by atoms with van der Waals surface area (Å²) in [7, 11) is 1.74. The zero-order valence-electron chi connectivity index (χ0n) is 8.34. The molecule has 1 aromatic carbocycles. The number of likely N-dealkylation sites (N-methyl/N-ethyl adjacent to an activating group) is 1. The maximum atomic E-state index is 12.8. The van der Waals surface area contributed by atoms with E-state index in [0.717, 1.165) is 12.1 Å². The summed E-state index contributed by atoms with van der Waals surface area (Å²) in [6, 6.07) is 3.74. The SMILES string of the molecule is CNC(CO)CSc1ccc(F)c(F)c1. The summed E-state index contributed by atoms with van der Waals surface area (Å²) in [4.78, 5) is 0.655. The Hall–Kier alpha value is -0.650. The maximum absolute atomic E-state index is 12.8. The van der Waals surface area contributed by atoms with Crippen LogP contribution in [0.25, 0.3) is 0 Å². The highest BCUT2D eigenvalue weighted by Gasteiger charge is 2.07. The van der Waals surface area contributed by atoms with Crippen molar-refractivity contribution in [3.8, 4) is 0 Å². The van der Waals surface area contributed by atoms with Crippen LogP contribution in [0.5, 0.6) is 0 Å². The monoisotopic (exact) mass is 233 g/mol. The average molecular weight is 233 g/mol. The second-order valence-electron chi connectivity index (χ2n) is 3.06. The summed E-state index contributed by atoms with van der Waals surface area (Å²) in [5.41, 5.74) is 0. The largest absolute Gasteiger partial charge is 0.395 e. The van der Waals surface area contributed by atoms with E-state index in [9.17, 15) is 8.78 Å². The molecule has 0 fully saturated rings. The van der Waals surface area contributed by atoms with E-state index in [0.29, 0.717) is 10.6 Å². The fourth-order valence-corrected chi connectivity index (χ4v) is 2.01. The van der Waals surface area contributed by atoms with E-state index in [1.54, 1.807) is 7.05 Å². The van der Waals surface area contributed by atoms with Crippen molar-refractivity contribution in [1.82, 2.24) is 5.32 Å². The second kappa shape index (κ2) is 6.05. The first kappa shape index (κ1) is 12.4. The Labute approximate surface area is 91.7 Å². The molecule has 2 nitrogen and oxygen atoms in total. The van der Waals surface area contributed by atoms with Crippen LogP contribution >= 0.6 is 11.8 Å². The molecular formula is C10H13F2NOS. The van der Waals surface area contributed by atoms with Gasteiger partial charge in [-0.05, 0) is 25.2 Å². The van der Waals surface area contributed by atoms with E-state index in [-0.39, 0.29) is 12.6 Å². The van der Waals surface area contributed by atoms with Crippen molar-refractivity contribution >= 4 is 11.8 Å². The van der Waals surface area contributed by atoms with Crippen LogP contribution < -0.4 is 5.32 Å². The lowest BCUT2D eigenvalue weighted by Gasteiger charge is -2.12. The summed E-state index contributed by atoms with van der Waals surface area (Å²) >= 11 is 1.37. The molecule has 84 valence electrons. The van der Waals surface area contributed by atoms with Gasteiger partial charge >= 0.3 is 0 Å². The Balaban J connectivity index is 2.54. The number of hydrogen-bond donors (Lipinski definition) is 2. The van der Waals surface area contributed by atoms with Crippen molar-refractivity contribution < 1.29 is 13.9 Å². The van der Waals surface area contributed by atoms with Crippen LogP contribution in [0.3, 0.4) is 0 Å². The van der Waals surface area contributed by atoms with Crippen LogP contribution in [0.2, 0.25) is 0 Å². The predicted molar refractivity (Wildman–Crippen MR) is 57.0 cm³/mol. The Morgan fingerprint density at radius 2 is 2.13 bits per heavy atom. The van der Waals surface area contributed by atoms with Crippen LogP contribution in [-0.4, -0.2) is 30.6 Å². The fourth-order valence-electron chi connectivity index (χ4n) is 0.991. The van der Waals surface area contributed by atoms with E-state index >= 15 is 0 Å². The average Bonchev–Trinajstić information content (AvgIpc) is 2.24. The number of rotatable bonds is 5. The van der Waals surface area contributed by atoms with Crippen LogP contribution in [0.1, 0.15) is 0 Å². The molecule has 0 aliphatic carbocycles. The van der Waals surface area contributed by atoms with Gasteiger partial charge in [-0.2, -0.15) is 0 Å². The van der Waals surface area contributed by atoms with Crippen molar-refractivity contribution in [3.63, 3.8) is 0 Å². The molecule has 15 heavy (non-hydrogen) atoms. The standard InChI is InChI=1S/C10H13F2NOS/c1-13-7(5-14)6-15-8-2-3-9(11)10(12)4-8/h2-4,7,13-14H,5-6H2,1H3. The first-order chi connectivity index (χ1) is 7.17. The third-order valence-corrected chi connectivity index (χ3v) is 3.13. The summed E-state index contributed by atoms with van der Waals surface area (Å²) in [6.07, 6.45) is 0. The molecule has 0 saturated heterocycles. The molecule has 0 aliphatic heterocycles. The number of hydrogen-bond acceptors (Lipinski definition) is 3. The van der Waals surface area contributed by atoms with Gasteiger partial charge in [-0.25, -0.2) is 8.78 Å². The molecule has 0 spiro atoms. The molecule has 0 bridgehead atoms. The molecular weight excluding hydrogens is 220 g/mol. The minimum absolute atomic E-state index is 0.0210. The van der Waals surface area contributed by atoms with Gasteiger partial charge in [-0.3, -0.25) is 0 Å². The topological polar surface area (TPSA) is 32.3 Å². The summed E-state index contributed by atoms with van der Waals surface area (Å²) in [5, 5.41) is 11.8. The van der Waals surface area contributed by atoms with Gasteiger partial charge < -0.3 is 10.4 Å². The molecule has 0 aliphatic rings. The number of thioether (sulfide) groups is 1. The van der Waals surface area contributed by atoms with Crippen LogP contribution in [0, 0.1) is 11.6 Å². The number of aliphatic hydroxyl groups is 1. The predicted octanol–water partition coefficient (Wildman–Crippen LogP) is 1.64. The van der Waals surface area contributed by atoms with Crippen molar-refractivity contribution in [2.24, 2.45) is 0 Å². The van der Waals surface area contributed by atoms with Crippen LogP contribution in [0.4, 0.5) is 8.78 Å². The molecule has 0 radical (unpaired) electrons. The summed E-state index contributed by atoms with van der Waals surface area (Å²) in [5.74, 6) is -1.07. The molecule has 0 saturated carbocycles. The highest BCUT2D eigenvalue weighted by Crippen LogP contribution is 2.20. The Morgan fingerprint density at radius 3 is 2.67 bits per heavy atom. The first-order valence-corrected chi connectivity index (χ1v) is 5.52. The molecule has 1 rings (SSSR count). The lowest BCUT2D eigenvalue weighted by Crippen LogP contribution is -2.31. The third-order valence-electron chi connectivity index (χ3n) is 1.97. The van der Waals surface area contributed by atoms with E-state index < -0.39 is 11.6 Å². The van der Waals surface area contributed by atoms with Gasteiger partial charge in [-0.1, -0.05) is 0 Å². The van der Waals surface area contributed by atoms with Crippen LogP contribution in [-0.2, 0) is 0 Å². The van der Waals surface area contributed by atoms with Gasteiger partial charge in [0.25, 0.3) is 0 Å². The number of nitrogens with one attached hydrogen (secondary N) is 1. The van der Waals surface area contributed by atoms with E-state index in [4.69, 9.17) is 5.11 Å². The minimum Gasteiger partial charge on any atom is -0.395 e. The second-order valence-corrected chi connectivity index (χ2v) is 4.15. The molecule has 1 aromatic rings. The van der Waals surface area contributed by atoms with Crippen molar-refractivity contribution in [2.45, 2.75) is 10.9 Å². The quantitative estimate of drug-likeness (QED) is 0.758. The smallest absolute Gasteiger partial charge is 0.159 e. The molecule has 0 aromatic heterocycles. The highest BCUT2D eigenvalue weighted by molar-refractivity contribution is 7.99. The van der Waals surface area contributed by atoms with Gasteiger partial charge in [0.15, 0.2) is 11.6 Å². The lowest BCUT2D eigenvalue weighted by atomic mass is 10.3. The van der Waals surface area contributed by atoms with Crippen molar-refractivity contribution in [1.29, 1.82) is 0 Å². The van der Waals surface area contributed by atoms with Gasteiger partial charge in [-0.15, -0.1) is 11.8 Å². The first-order valence-electron chi connectivity index (χ1n) is 4.53. The van der Waals surface area contributed by atoms with Gasteiger partial charge in [0.05, 0.1) is 6.61 Å². The van der Waals surface area contributed by atoms with Crippen molar-refractivity contribution in [3.05, 3.63) is 29.8 Å². The number of halogens is 2. The molecule has 2 N–H and O–H groups in total. The van der Waals surface area contributed by atoms with Crippen LogP contribution in [0.15, 0.2) is 23.1 Å². The molecule has 1 unspecified atom stereocenters. The van der Waals surface area contributed by atoms with Gasteiger partial charge in [0.1, 0.15) is 0 Å². The lowest BCUT2D eigenvalue weighted by molar-refractivity contribution is 0.260. The Kier molecular flexibility index (Phi) is 5.01. The number of benzene rings is 1. The Bertz CT molecular complexity index is 318. The number of aliphatic hydroxyl groups excluding tert-OH is 1. The molecule has 5 heteroatoms. The molecule has 0 heterocycles. The third kappa shape index (κ3) is 3.77. The van der Waals surface area contributed by atoms with E-state index in [2.05, 4.69) is 5.32 Å². The fraction of sp³-hybridized carbons (Fsp3) is 0.400. The maximum Gasteiger partial charge on any atom is 0.159 e. The summed E-state index contributed by atoms with van der Waals surface area (Å²) < 4.78 is 25.4.